The molecule has 4 nitrogen and oxygen atoms in total. The quantitative estimate of drug-likeness (QED) is 0.788. The second-order valence-electron chi connectivity index (χ2n) is 5.07. The molecule has 0 fully saturated rings. The summed E-state index contributed by atoms with van der Waals surface area (Å²) in [5.74, 6) is -0.000764. The second kappa shape index (κ2) is 5.87. The summed E-state index contributed by atoms with van der Waals surface area (Å²) in [4.78, 5) is 24.2. The van der Waals surface area contributed by atoms with Gasteiger partial charge in [-0.2, -0.15) is 0 Å². The standard InChI is InChI=1S/C12H23NO3/c1-6-7-8-10(14)9(2)13(11(15)16)12(3,4)5/h9H,6-8H2,1-5H3,(H,15,16)/t9-/m0/s1. The second-order valence-corrected chi connectivity index (χ2v) is 5.07. The Kier molecular flexibility index (Phi) is 5.48. The van der Waals surface area contributed by atoms with E-state index in [1.165, 1.54) is 4.90 Å². The van der Waals surface area contributed by atoms with E-state index in [1.54, 1.807) is 27.7 Å². The molecule has 1 N–H and O–H groups in total. The van der Waals surface area contributed by atoms with E-state index in [0.717, 1.165) is 12.8 Å². The first kappa shape index (κ1) is 14.9. The number of nitrogens with zero attached hydrogens (tertiary/aromatic N) is 1. The lowest BCUT2D eigenvalue weighted by Gasteiger charge is -2.37. The lowest BCUT2D eigenvalue weighted by molar-refractivity contribution is -0.124. The van der Waals surface area contributed by atoms with E-state index in [2.05, 4.69) is 0 Å². The van der Waals surface area contributed by atoms with Crippen molar-refractivity contribution in [2.75, 3.05) is 0 Å². The first-order valence-corrected chi connectivity index (χ1v) is 5.76. The summed E-state index contributed by atoms with van der Waals surface area (Å²) in [5.41, 5.74) is -0.548. The highest BCUT2D eigenvalue weighted by atomic mass is 16.4. The number of Topliss-reactive ketones (excluding diaryl/α,β-unsaturated/α-hetero) is 1. The van der Waals surface area contributed by atoms with Gasteiger partial charge in [0.2, 0.25) is 0 Å². The topological polar surface area (TPSA) is 57.6 Å². The van der Waals surface area contributed by atoms with Crippen LogP contribution < -0.4 is 0 Å². The van der Waals surface area contributed by atoms with Crippen molar-refractivity contribution in [3.8, 4) is 0 Å². The smallest absolute Gasteiger partial charge is 0.408 e. The zero-order valence-corrected chi connectivity index (χ0v) is 10.9. The van der Waals surface area contributed by atoms with Gasteiger partial charge in [-0.3, -0.25) is 9.69 Å². The number of hydrogen-bond donors (Lipinski definition) is 1. The maximum Gasteiger partial charge on any atom is 0.408 e. The molecule has 0 radical (unpaired) electrons. The van der Waals surface area contributed by atoms with Crippen molar-refractivity contribution >= 4 is 11.9 Å². The van der Waals surface area contributed by atoms with E-state index >= 15 is 0 Å². The van der Waals surface area contributed by atoms with E-state index < -0.39 is 17.7 Å². The number of amides is 1. The minimum atomic E-state index is -1.04. The van der Waals surface area contributed by atoms with Gasteiger partial charge in [-0.1, -0.05) is 13.3 Å². The summed E-state index contributed by atoms with van der Waals surface area (Å²) < 4.78 is 0. The fourth-order valence-electron chi connectivity index (χ4n) is 1.74. The molecule has 0 aromatic carbocycles. The van der Waals surface area contributed by atoms with Crippen LogP contribution in [0.4, 0.5) is 4.79 Å². The van der Waals surface area contributed by atoms with Gasteiger partial charge in [0, 0.05) is 12.0 Å². The van der Waals surface area contributed by atoms with Gasteiger partial charge in [0.15, 0.2) is 5.78 Å². The van der Waals surface area contributed by atoms with Crippen molar-refractivity contribution < 1.29 is 14.7 Å². The average Bonchev–Trinajstić information content (AvgIpc) is 2.10. The first-order chi connectivity index (χ1) is 7.21. The molecular weight excluding hydrogens is 206 g/mol. The van der Waals surface area contributed by atoms with Gasteiger partial charge in [0.05, 0.1) is 6.04 Å². The van der Waals surface area contributed by atoms with Crippen LogP contribution in [0.25, 0.3) is 0 Å². The molecule has 0 heterocycles. The van der Waals surface area contributed by atoms with E-state index in [0.29, 0.717) is 6.42 Å². The number of hydrogen-bond acceptors (Lipinski definition) is 2. The lowest BCUT2D eigenvalue weighted by atomic mass is 10.00. The molecule has 0 aliphatic rings. The molecule has 0 aromatic rings. The third-order valence-corrected chi connectivity index (χ3v) is 2.56. The van der Waals surface area contributed by atoms with E-state index in [-0.39, 0.29) is 5.78 Å². The molecule has 0 aromatic heterocycles. The Labute approximate surface area is 97.6 Å². The number of carbonyl (C=O) groups excluding carboxylic acids is 1. The molecular formula is C12H23NO3. The Morgan fingerprint density at radius 3 is 2.12 bits per heavy atom. The summed E-state index contributed by atoms with van der Waals surface area (Å²) in [6.07, 6.45) is 1.18. The predicted molar refractivity (Wildman–Crippen MR) is 63.6 cm³/mol. The molecule has 4 heteroatoms. The number of unbranched alkanes of at least 4 members (excludes halogenated alkanes) is 1. The number of ketones is 1. The monoisotopic (exact) mass is 229 g/mol. The van der Waals surface area contributed by atoms with Crippen LogP contribution in [-0.2, 0) is 4.79 Å². The molecule has 0 spiro atoms. The summed E-state index contributed by atoms with van der Waals surface area (Å²) in [7, 11) is 0. The van der Waals surface area contributed by atoms with Gasteiger partial charge < -0.3 is 5.11 Å². The Morgan fingerprint density at radius 1 is 1.31 bits per heavy atom. The van der Waals surface area contributed by atoms with Crippen LogP contribution in [-0.4, -0.2) is 33.5 Å². The minimum absolute atomic E-state index is 0.000764. The SMILES string of the molecule is CCCCC(=O)[C@H](C)N(C(=O)O)C(C)(C)C. The molecule has 0 aliphatic carbocycles. The Bertz CT molecular complexity index is 255. The van der Waals surface area contributed by atoms with E-state index in [4.69, 9.17) is 5.11 Å². The van der Waals surface area contributed by atoms with Gasteiger partial charge in [-0.25, -0.2) is 4.79 Å². The van der Waals surface area contributed by atoms with Gasteiger partial charge in [0.1, 0.15) is 0 Å². The highest BCUT2D eigenvalue weighted by molar-refractivity contribution is 5.87. The largest absolute Gasteiger partial charge is 0.465 e. The number of carbonyl (C=O) groups is 2. The Morgan fingerprint density at radius 2 is 1.81 bits per heavy atom. The van der Waals surface area contributed by atoms with Crippen LogP contribution in [0.15, 0.2) is 0 Å². The molecule has 1 atom stereocenters. The van der Waals surface area contributed by atoms with Gasteiger partial charge in [-0.15, -0.1) is 0 Å². The minimum Gasteiger partial charge on any atom is -0.465 e. The molecule has 16 heavy (non-hydrogen) atoms. The zero-order chi connectivity index (χ0) is 12.9. The maximum atomic E-state index is 11.8. The van der Waals surface area contributed by atoms with Crippen molar-refractivity contribution in [1.29, 1.82) is 0 Å². The molecule has 0 aliphatic heterocycles. The number of rotatable bonds is 5. The van der Waals surface area contributed by atoms with Gasteiger partial charge in [-0.05, 0) is 34.1 Å². The average molecular weight is 229 g/mol. The summed E-state index contributed by atoms with van der Waals surface area (Å²) in [6, 6.07) is -0.566. The van der Waals surface area contributed by atoms with Crippen molar-refractivity contribution in [2.24, 2.45) is 0 Å². The summed E-state index contributed by atoms with van der Waals surface area (Å²) in [6.45, 7) is 9.06. The third-order valence-electron chi connectivity index (χ3n) is 2.56. The molecule has 0 unspecified atom stereocenters. The third kappa shape index (κ3) is 4.21. The van der Waals surface area contributed by atoms with Crippen LogP contribution in [0.3, 0.4) is 0 Å². The predicted octanol–water partition coefficient (Wildman–Crippen LogP) is 2.91. The fraction of sp³-hybridized carbons (Fsp3) is 0.833. The van der Waals surface area contributed by atoms with E-state index in [1.807, 2.05) is 6.92 Å². The van der Waals surface area contributed by atoms with Crippen molar-refractivity contribution in [2.45, 2.75) is 65.5 Å². The molecule has 0 rings (SSSR count). The van der Waals surface area contributed by atoms with Crippen LogP contribution in [0.5, 0.6) is 0 Å². The van der Waals surface area contributed by atoms with Crippen molar-refractivity contribution in [3.05, 3.63) is 0 Å². The maximum absolute atomic E-state index is 11.8. The molecule has 1 amide bonds. The Hall–Kier alpha value is -1.06. The van der Waals surface area contributed by atoms with Gasteiger partial charge in [0.25, 0.3) is 0 Å². The van der Waals surface area contributed by atoms with Crippen molar-refractivity contribution in [1.82, 2.24) is 4.90 Å². The molecule has 0 saturated heterocycles. The highest BCUT2D eigenvalue weighted by Crippen LogP contribution is 2.19. The fourth-order valence-corrected chi connectivity index (χ4v) is 1.74. The zero-order valence-electron chi connectivity index (χ0n) is 10.9. The van der Waals surface area contributed by atoms with Crippen LogP contribution in [0.1, 0.15) is 53.9 Å². The van der Waals surface area contributed by atoms with Crippen LogP contribution in [0, 0.1) is 0 Å². The van der Waals surface area contributed by atoms with Crippen LogP contribution >= 0.6 is 0 Å². The van der Waals surface area contributed by atoms with Crippen LogP contribution in [0.2, 0.25) is 0 Å². The Balaban J connectivity index is 4.69. The first-order valence-electron chi connectivity index (χ1n) is 5.76. The molecule has 0 bridgehead atoms. The molecule has 94 valence electrons. The summed E-state index contributed by atoms with van der Waals surface area (Å²) in [5, 5.41) is 9.13. The lowest BCUT2D eigenvalue weighted by Crippen LogP contribution is -2.52. The number of carboxylic acid groups (broad SMARTS) is 1. The highest BCUT2D eigenvalue weighted by Gasteiger charge is 2.33. The normalized spacial score (nSPS) is 13.3. The molecule has 0 saturated carbocycles. The van der Waals surface area contributed by atoms with Gasteiger partial charge >= 0.3 is 6.09 Å². The van der Waals surface area contributed by atoms with E-state index in [9.17, 15) is 9.59 Å². The van der Waals surface area contributed by atoms with Crippen molar-refractivity contribution in [3.63, 3.8) is 0 Å². The summed E-state index contributed by atoms with van der Waals surface area (Å²) >= 11 is 0.